The van der Waals surface area contributed by atoms with Crippen molar-refractivity contribution in [1.82, 2.24) is 0 Å². The van der Waals surface area contributed by atoms with Crippen LogP contribution in [0.5, 0.6) is 5.75 Å². The zero-order valence-electron chi connectivity index (χ0n) is 11.0. The monoisotopic (exact) mass is 374 g/mol. The van der Waals surface area contributed by atoms with Gasteiger partial charge in [-0.25, -0.2) is 0 Å². The molecule has 0 radical (unpaired) electrons. The van der Waals surface area contributed by atoms with E-state index in [1.807, 2.05) is 19.1 Å². The summed E-state index contributed by atoms with van der Waals surface area (Å²) in [6.45, 7) is 1.96. The molecule has 0 aliphatic carbocycles. The molecule has 1 N–H and O–H groups in total. The molecule has 20 heavy (non-hydrogen) atoms. The van der Waals surface area contributed by atoms with E-state index in [0.717, 1.165) is 10.0 Å². The lowest BCUT2D eigenvalue weighted by molar-refractivity contribution is 0.214. The van der Waals surface area contributed by atoms with Crippen molar-refractivity contribution in [3.05, 3.63) is 61.5 Å². The minimum atomic E-state index is -0.863. The van der Waals surface area contributed by atoms with Gasteiger partial charge in [-0.1, -0.05) is 39.1 Å². The van der Waals surface area contributed by atoms with Gasteiger partial charge in [-0.2, -0.15) is 0 Å². The summed E-state index contributed by atoms with van der Waals surface area (Å²) in [5, 5.41) is 11.5. The lowest BCUT2D eigenvalue weighted by Crippen LogP contribution is -2.03. The molecule has 0 bridgehead atoms. The minimum Gasteiger partial charge on any atom is -0.496 e. The smallest absolute Gasteiger partial charge is 0.125 e. The van der Waals surface area contributed by atoms with Gasteiger partial charge in [0.2, 0.25) is 0 Å². The molecule has 5 heteroatoms. The van der Waals surface area contributed by atoms with Crippen LogP contribution in [-0.4, -0.2) is 12.2 Å². The fourth-order valence-electron chi connectivity index (χ4n) is 1.97. The molecule has 0 heterocycles. The molecule has 106 valence electrons. The lowest BCUT2D eigenvalue weighted by Gasteiger charge is -2.17. The molecule has 0 fully saturated rings. The predicted molar refractivity (Wildman–Crippen MR) is 86.0 cm³/mol. The molecule has 2 aromatic rings. The first kappa shape index (κ1) is 15.6. The second-order valence-electron chi connectivity index (χ2n) is 4.45. The number of rotatable bonds is 3. The molecule has 2 aromatic carbocycles. The van der Waals surface area contributed by atoms with Crippen molar-refractivity contribution >= 4 is 39.1 Å². The standard InChI is InChI=1S/C15H13BrCl2O2/c1-8-3-14(20-2)12(7-13(8)16)15(19)9-4-10(17)6-11(18)5-9/h3-7,15,19H,1-2H3. The average molecular weight is 376 g/mol. The van der Waals surface area contributed by atoms with Gasteiger partial charge in [0, 0.05) is 20.1 Å². The summed E-state index contributed by atoms with van der Waals surface area (Å²) in [4.78, 5) is 0. The summed E-state index contributed by atoms with van der Waals surface area (Å²) in [6, 6.07) is 8.71. The molecule has 0 saturated carbocycles. The quantitative estimate of drug-likeness (QED) is 0.803. The fraction of sp³-hybridized carbons (Fsp3) is 0.200. The zero-order valence-corrected chi connectivity index (χ0v) is 14.1. The number of aliphatic hydroxyl groups excluding tert-OH is 1. The van der Waals surface area contributed by atoms with Crippen molar-refractivity contribution in [3.63, 3.8) is 0 Å². The molecular weight excluding hydrogens is 363 g/mol. The van der Waals surface area contributed by atoms with E-state index >= 15 is 0 Å². The second kappa shape index (κ2) is 6.35. The third kappa shape index (κ3) is 3.29. The van der Waals surface area contributed by atoms with E-state index in [2.05, 4.69) is 15.9 Å². The Hall–Kier alpha value is -0.740. The Bertz CT molecular complexity index is 624. The van der Waals surface area contributed by atoms with E-state index in [1.54, 1.807) is 25.3 Å². The van der Waals surface area contributed by atoms with Crippen LogP contribution in [0.2, 0.25) is 10.0 Å². The minimum absolute atomic E-state index is 0.483. The third-order valence-electron chi connectivity index (χ3n) is 3.01. The average Bonchev–Trinajstić information content (AvgIpc) is 2.39. The van der Waals surface area contributed by atoms with Crippen molar-refractivity contribution in [2.24, 2.45) is 0 Å². The molecule has 0 saturated heterocycles. The van der Waals surface area contributed by atoms with Crippen LogP contribution >= 0.6 is 39.1 Å². The second-order valence-corrected chi connectivity index (χ2v) is 6.18. The summed E-state index contributed by atoms with van der Waals surface area (Å²) in [6.07, 6.45) is -0.863. The maximum atomic E-state index is 10.5. The van der Waals surface area contributed by atoms with Crippen LogP contribution in [0.4, 0.5) is 0 Å². The van der Waals surface area contributed by atoms with Crippen LogP contribution in [0.1, 0.15) is 22.8 Å². The molecule has 0 amide bonds. The molecule has 0 aliphatic rings. The Morgan fingerprint density at radius 3 is 2.25 bits per heavy atom. The van der Waals surface area contributed by atoms with Crippen LogP contribution in [-0.2, 0) is 0 Å². The number of hydrogen-bond donors (Lipinski definition) is 1. The third-order valence-corrected chi connectivity index (χ3v) is 4.30. The van der Waals surface area contributed by atoms with Gasteiger partial charge in [-0.15, -0.1) is 0 Å². The summed E-state index contributed by atoms with van der Waals surface area (Å²) in [7, 11) is 1.57. The van der Waals surface area contributed by atoms with Gasteiger partial charge in [-0.05, 0) is 48.4 Å². The summed E-state index contributed by atoms with van der Waals surface area (Å²) in [5.41, 5.74) is 2.31. The van der Waals surface area contributed by atoms with E-state index in [-0.39, 0.29) is 0 Å². The molecule has 1 unspecified atom stereocenters. The van der Waals surface area contributed by atoms with Gasteiger partial charge in [0.25, 0.3) is 0 Å². The number of hydrogen-bond acceptors (Lipinski definition) is 2. The van der Waals surface area contributed by atoms with Crippen molar-refractivity contribution in [3.8, 4) is 5.75 Å². The van der Waals surface area contributed by atoms with Crippen molar-refractivity contribution in [1.29, 1.82) is 0 Å². The SMILES string of the molecule is COc1cc(C)c(Br)cc1C(O)c1cc(Cl)cc(Cl)c1. The molecule has 0 aliphatic heterocycles. The molecule has 1 atom stereocenters. The lowest BCUT2D eigenvalue weighted by atomic mass is 9.99. The van der Waals surface area contributed by atoms with Gasteiger partial charge < -0.3 is 9.84 Å². The first-order chi connectivity index (χ1) is 9.42. The normalized spacial score (nSPS) is 12.3. The van der Waals surface area contributed by atoms with Crippen molar-refractivity contribution < 1.29 is 9.84 Å². The molecule has 2 rings (SSSR count). The zero-order chi connectivity index (χ0) is 14.9. The van der Waals surface area contributed by atoms with E-state index in [1.165, 1.54) is 0 Å². The maximum absolute atomic E-state index is 10.5. The van der Waals surface area contributed by atoms with E-state index in [9.17, 15) is 5.11 Å². The Labute approximate surface area is 136 Å². The molecular formula is C15H13BrCl2O2. The van der Waals surface area contributed by atoms with E-state index in [4.69, 9.17) is 27.9 Å². The Morgan fingerprint density at radius 2 is 1.70 bits per heavy atom. The van der Waals surface area contributed by atoms with Gasteiger partial charge in [0.05, 0.1) is 7.11 Å². The molecule has 0 spiro atoms. The first-order valence-electron chi connectivity index (χ1n) is 5.90. The number of ether oxygens (including phenoxy) is 1. The highest BCUT2D eigenvalue weighted by atomic mass is 79.9. The van der Waals surface area contributed by atoms with Crippen LogP contribution < -0.4 is 4.74 Å². The molecule has 0 aromatic heterocycles. The summed E-state index contributed by atoms with van der Waals surface area (Å²) in [5.74, 6) is 0.620. The van der Waals surface area contributed by atoms with Gasteiger partial charge in [0.1, 0.15) is 11.9 Å². The predicted octanol–water partition coefficient (Wildman–Crippen LogP) is 5.15. The first-order valence-corrected chi connectivity index (χ1v) is 7.45. The number of benzene rings is 2. The van der Waals surface area contributed by atoms with Crippen LogP contribution in [0.25, 0.3) is 0 Å². The van der Waals surface area contributed by atoms with Crippen LogP contribution in [0.3, 0.4) is 0 Å². The Kier molecular flexibility index (Phi) is 4.97. The highest BCUT2D eigenvalue weighted by Gasteiger charge is 2.18. The van der Waals surface area contributed by atoms with Crippen LogP contribution in [0.15, 0.2) is 34.8 Å². The van der Waals surface area contributed by atoms with Crippen molar-refractivity contribution in [2.75, 3.05) is 7.11 Å². The number of halogens is 3. The summed E-state index contributed by atoms with van der Waals surface area (Å²) < 4.78 is 6.24. The van der Waals surface area contributed by atoms with Gasteiger partial charge in [-0.3, -0.25) is 0 Å². The largest absolute Gasteiger partial charge is 0.496 e. The van der Waals surface area contributed by atoms with E-state index in [0.29, 0.717) is 26.9 Å². The number of aliphatic hydroxyl groups is 1. The highest BCUT2D eigenvalue weighted by molar-refractivity contribution is 9.10. The van der Waals surface area contributed by atoms with Gasteiger partial charge >= 0.3 is 0 Å². The van der Waals surface area contributed by atoms with Crippen molar-refractivity contribution in [2.45, 2.75) is 13.0 Å². The van der Waals surface area contributed by atoms with E-state index < -0.39 is 6.10 Å². The number of methoxy groups -OCH3 is 1. The number of aryl methyl sites for hydroxylation is 1. The topological polar surface area (TPSA) is 29.5 Å². The Morgan fingerprint density at radius 1 is 1.10 bits per heavy atom. The highest BCUT2D eigenvalue weighted by Crippen LogP contribution is 2.35. The maximum Gasteiger partial charge on any atom is 0.125 e. The molecule has 2 nitrogen and oxygen atoms in total. The van der Waals surface area contributed by atoms with Crippen LogP contribution in [0, 0.1) is 6.92 Å². The summed E-state index contributed by atoms with van der Waals surface area (Å²) >= 11 is 15.4. The Balaban J connectivity index is 2.52. The van der Waals surface area contributed by atoms with Gasteiger partial charge in [0.15, 0.2) is 0 Å². The fourth-order valence-corrected chi connectivity index (χ4v) is 2.88.